The van der Waals surface area contributed by atoms with Crippen molar-refractivity contribution in [2.24, 2.45) is 5.29 Å². The van der Waals surface area contributed by atoms with Gasteiger partial charge < -0.3 is 30.6 Å². The fourth-order valence-electron chi connectivity index (χ4n) is 2.25. The Morgan fingerprint density at radius 3 is 1.48 bits per heavy atom. The Bertz CT molecular complexity index is 694. The van der Waals surface area contributed by atoms with Gasteiger partial charge in [-0.15, -0.1) is 4.91 Å². The van der Waals surface area contributed by atoms with Gasteiger partial charge in [-0.3, -0.25) is 5.01 Å². The second-order valence-corrected chi connectivity index (χ2v) is 5.48. The van der Waals surface area contributed by atoms with Gasteiger partial charge in [0.1, 0.15) is 0 Å². The summed E-state index contributed by atoms with van der Waals surface area (Å²) in [7, 11) is 0. The average Bonchev–Trinajstić information content (AvgIpc) is 2.58. The largest absolute Gasteiger partial charge is 0.504 e. The summed E-state index contributed by atoms with van der Waals surface area (Å²) < 4.78 is 0. The zero-order valence-electron chi connectivity index (χ0n) is 13.0. The molecule has 0 aliphatic carbocycles. The van der Waals surface area contributed by atoms with E-state index in [4.69, 9.17) is 0 Å². The van der Waals surface area contributed by atoms with Crippen LogP contribution in [0.15, 0.2) is 41.7 Å². The Balaban J connectivity index is 2.04. The van der Waals surface area contributed by atoms with E-state index >= 15 is 0 Å². The first-order valence-electron chi connectivity index (χ1n) is 7.30. The number of aromatic hydroxyl groups is 4. The Kier molecular flexibility index (Phi) is 5.63. The van der Waals surface area contributed by atoms with Crippen molar-refractivity contribution in [3.05, 3.63) is 52.4 Å². The molecule has 25 heavy (non-hydrogen) atoms. The van der Waals surface area contributed by atoms with Crippen LogP contribution in [0.2, 0.25) is 0 Å². The standard InChI is InChI=1S/C16H18N2O7/c19-11-3-1-9(5-13(11)21)15(23)7-18(17-25)8-16(24)10-2-4-12(20)14(22)6-10/h1-6,15-16,19-24H,7-8H2. The van der Waals surface area contributed by atoms with Gasteiger partial charge >= 0.3 is 0 Å². The average molecular weight is 350 g/mol. The molecular formula is C16H18N2O7. The third-order valence-corrected chi connectivity index (χ3v) is 3.65. The van der Waals surface area contributed by atoms with E-state index in [1.165, 1.54) is 24.3 Å². The number of aliphatic hydroxyl groups excluding tert-OH is 2. The van der Waals surface area contributed by atoms with Crippen molar-refractivity contribution in [1.82, 2.24) is 5.01 Å². The first kappa shape index (κ1) is 18.3. The lowest BCUT2D eigenvalue weighted by Gasteiger charge is -2.22. The Labute approximate surface area is 142 Å². The molecular weight excluding hydrogens is 332 g/mol. The van der Waals surface area contributed by atoms with Crippen LogP contribution in [0.25, 0.3) is 0 Å². The van der Waals surface area contributed by atoms with Gasteiger partial charge in [0.25, 0.3) is 0 Å². The minimum Gasteiger partial charge on any atom is -0.504 e. The molecule has 9 nitrogen and oxygen atoms in total. The van der Waals surface area contributed by atoms with E-state index in [9.17, 15) is 35.5 Å². The van der Waals surface area contributed by atoms with Crippen molar-refractivity contribution in [3.8, 4) is 23.0 Å². The highest BCUT2D eigenvalue weighted by Gasteiger charge is 2.19. The smallest absolute Gasteiger partial charge is 0.157 e. The molecule has 0 amide bonds. The molecule has 0 aromatic heterocycles. The van der Waals surface area contributed by atoms with Crippen molar-refractivity contribution in [2.75, 3.05) is 13.1 Å². The highest BCUT2D eigenvalue weighted by atomic mass is 16.3. The van der Waals surface area contributed by atoms with Crippen LogP contribution < -0.4 is 0 Å². The zero-order valence-corrected chi connectivity index (χ0v) is 13.0. The number of nitroso groups, excluding NO2 is 1. The van der Waals surface area contributed by atoms with E-state index in [0.29, 0.717) is 0 Å². The Morgan fingerprint density at radius 2 is 1.16 bits per heavy atom. The molecule has 2 atom stereocenters. The van der Waals surface area contributed by atoms with Crippen LogP contribution in [-0.4, -0.2) is 48.7 Å². The lowest BCUT2D eigenvalue weighted by Crippen LogP contribution is -2.28. The van der Waals surface area contributed by atoms with Gasteiger partial charge in [0.2, 0.25) is 0 Å². The van der Waals surface area contributed by atoms with Crippen LogP contribution >= 0.6 is 0 Å². The molecule has 0 fully saturated rings. The van der Waals surface area contributed by atoms with Crippen LogP contribution in [0, 0.1) is 4.91 Å². The summed E-state index contributed by atoms with van der Waals surface area (Å²) in [6.07, 6.45) is -2.41. The number of hydrogen-bond acceptors (Lipinski definition) is 8. The molecule has 0 spiro atoms. The van der Waals surface area contributed by atoms with Gasteiger partial charge in [-0.1, -0.05) is 12.1 Å². The molecule has 0 heterocycles. The summed E-state index contributed by atoms with van der Waals surface area (Å²) in [6.45, 7) is -0.538. The van der Waals surface area contributed by atoms with E-state index in [1.54, 1.807) is 0 Å². The molecule has 134 valence electrons. The molecule has 2 unspecified atom stereocenters. The molecule has 9 heteroatoms. The zero-order chi connectivity index (χ0) is 18.6. The molecule has 0 aliphatic rings. The monoisotopic (exact) mass is 350 g/mol. The molecule has 0 bridgehead atoms. The molecule has 0 saturated heterocycles. The van der Waals surface area contributed by atoms with Crippen LogP contribution in [-0.2, 0) is 0 Å². The molecule has 2 aromatic carbocycles. The minimum atomic E-state index is -1.20. The summed E-state index contributed by atoms with van der Waals surface area (Å²) in [5.74, 6) is -1.52. The van der Waals surface area contributed by atoms with E-state index in [1.807, 2.05) is 0 Å². The molecule has 0 radical (unpaired) electrons. The lowest BCUT2D eigenvalue weighted by molar-refractivity contribution is 0.0693. The van der Waals surface area contributed by atoms with Gasteiger partial charge in [-0.25, -0.2) is 0 Å². The fraction of sp³-hybridized carbons (Fsp3) is 0.250. The molecule has 2 aromatic rings. The van der Waals surface area contributed by atoms with E-state index in [-0.39, 0.29) is 35.7 Å². The summed E-state index contributed by atoms with van der Waals surface area (Å²) in [5.41, 5.74) is 0.501. The third kappa shape index (κ3) is 4.49. The van der Waals surface area contributed by atoms with Crippen LogP contribution in [0.1, 0.15) is 23.3 Å². The van der Waals surface area contributed by atoms with E-state index < -0.39 is 23.7 Å². The van der Waals surface area contributed by atoms with Gasteiger partial charge in [0.15, 0.2) is 23.0 Å². The topological polar surface area (TPSA) is 154 Å². The van der Waals surface area contributed by atoms with Gasteiger partial charge in [0.05, 0.1) is 30.6 Å². The van der Waals surface area contributed by atoms with Crippen molar-refractivity contribution >= 4 is 0 Å². The Morgan fingerprint density at radius 1 is 0.760 bits per heavy atom. The number of phenols is 4. The minimum absolute atomic E-state index is 0.251. The number of hydrogen-bond donors (Lipinski definition) is 6. The van der Waals surface area contributed by atoms with Crippen molar-refractivity contribution in [2.45, 2.75) is 12.2 Å². The van der Waals surface area contributed by atoms with Crippen molar-refractivity contribution in [1.29, 1.82) is 0 Å². The quantitative estimate of drug-likeness (QED) is 0.248. The number of nitrogens with zero attached hydrogens (tertiary/aromatic N) is 2. The fourth-order valence-corrected chi connectivity index (χ4v) is 2.25. The SMILES string of the molecule is O=NN(CC(O)c1ccc(O)c(O)c1)CC(O)c1ccc(O)c(O)c1. The first-order valence-corrected chi connectivity index (χ1v) is 7.30. The summed E-state index contributed by atoms with van der Waals surface area (Å²) >= 11 is 0. The first-order chi connectivity index (χ1) is 11.8. The number of aliphatic hydroxyl groups is 2. The molecule has 0 saturated carbocycles. The highest BCUT2D eigenvalue weighted by Crippen LogP contribution is 2.30. The summed E-state index contributed by atoms with van der Waals surface area (Å²) in [4.78, 5) is 11.0. The van der Waals surface area contributed by atoms with Crippen LogP contribution in [0.3, 0.4) is 0 Å². The second-order valence-electron chi connectivity index (χ2n) is 5.48. The summed E-state index contributed by atoms with van der Waals surface area (Å²) in [6, 6.07) is 7.43. The molecule has 6 N–H and O–H groups in total. The number of rotatable bonds is 7. The molecule has 0 aliphatic heterocycles. The van der Waals surface area contributed by atoms with Crippen LogP contribution in [0.4, 0.5) is 0 Å². The third-order valence-electron chi connectivity index (χ3n) is 3.65. The number of benzene rings is 2. The van der Waals surface area contributed by atoms with Gasteiger partial charge in [-0.2, -0.15) is 0 Å². The van der Waals surface area contributed by atoms with Gasteiger partial charge in [0, 0.05) is 0 Å². The summed E-state index contributed by atoms with van der Waals surface area (Å²) in [5, 5.41) is 61.2. The van der Waals surface area contributed by atoms with Crippen LogP contribution in [0.5, 0.6) is 23.0 Å². The van der Waals surface area contributed by atoms with E-state index in [2.05, 4.69) is 5.29 Å². The van der Waals surface area contributed by atoms with Crippen molar-refractivity contribution < 1.29 is 30.6 Å². The second kappa shape index (κ2) is 7.69. The molecule has 2 rings (SSSR count). The Hall–Kier alpha value is -3.04. The highest BCUT2D eigenvalue weighted by molar-refractivity contribution is 5.42. The number of phenolic OH excluding ortho intramolecular Hbond substituents is 4. The predicted molar refractivity (Wildman–Crippen MR) is 86.8 cm³/mol. The maximum Gasteiger partial charge on any atom is 0.157 e. The maximum atomic E-state index is 11.0. The van der Waals surface area contributed by atoms with Gasteiger partial charge in [-0.05, 0) is 35.4 Å². The van der Waals surface area contributed by atoms with E-state index in [0.717, 1.165) is 17.1 Å². The maximum absolute atomic E-state index is 11.0. The van der Waals surface area contributed by atoms with Crippen molar-refractivity contribution in [3.63, 3.8) is 0 Å². The predicted octanol–water partition coefficient (Wildman–Crippen LogP) is 1.26. The normalized spacial score (nSPS) is 13.2. The lowest BCUT2D eigenvalue weighted by atomic mass is 10.1.